The van der Waals surface area contributed by atoms with Crippen LogP contribution < -0.4 is 4.90 Å². The van der Waals surface area contributed by atoms with E-state index in [1.54, 1.807) is 0 Å². The summed E-state index contributed by atoms with van der Waals surface area (Å²) < 4.78 is 4.73. The van der Waals surface area contributed by atoms with Crippen LogP contribution in [0, 0.1) is 0 Å². The largest absolute Gasteiger partial charge is 0.340 e. The number of para-hydroxylation sites is 3. The number of azide groups is 3. The normalized spacial score (nSPS) is 12.1. The van der Waals surface area contributed by atoms with Crippen molar-refractivity contribution in [1.82, 2.24) is 9.13 Å². The topological polar surface area (TPSA) is 159 Å². The molecule has 0 atom stereocenters. The Kier molecular flexibility index (Phi) is 10.5. The maximum atomic E-state index is 9.22. The second kappa shape index (κ2) is 15.8. The molecule has 3 heterocycles. The average molecular weight is 679 g/mol. The molecule has 258 valence electrons. The van der Waals surface area contributed by atoms with Crippen LogP contribution >= 0.6 is 0 Å². The maximum Gasteiger partial charge on any atom is 0.0614 e. The van der Waals surface area contributed by atoms with Crippen molar-refractivity contribution in [3.8, 4) is 0 Å². The van der Waals surface area contributed by atoms with Gasteiger partial charge >= 0.3 is 0 Å². The van der Waals surface area contributed by atoms with E-state index in [9.17, 15) is 11.1 Å². The Morgan fingerprint density at radius 2 is 1.06 bits per heavy atom. The van der Waals surface area contributed by atoms with Crippen LogP contribution in [0.15, 0.2) is 88.1 Å². The molecule has 0 amide bonds. The van der Waals surface area contributed by atoms with Crippen molar-refractivity contribution in [2.45, 2.75) is 70.9 Å². The number of hydrogen-bond acceptors (Lipinski definition) is 4. The van der Waals surface area contributed by atoms with E-state index in [4.69, 9.17) is 5.53 Å². The van der Waals surface area contributed by atoms with Gasteiger partial charge < -0.3 is 14.0 Å². The van der Waals surface area contributed by atoms with E-state index in [2.05, 4.69) is 117 Å². The number of benzene rings is 4. The first-order chi connectivity index (χ1) is 25.3. The number of anilines is 2. The predicted molar refractivity (Wildman–Crippen MR) is 208 cm³/mol. The summed E-state index contributed by atoms with van der Waals surface area (Å²) in [5, 5.41) is 16.4. The molecule has 51 heavy (non-hydrogen) atoms. The summed E-state index contributed by atoms with van der Waals surface area (Å²) in [7, 11) is 0. The molecule has 0 aliphatic carbocycles. The SMILES string of the molecule is [N-]=[N+]=NCCCCCCCCCCN1c2ccccc2Cc2c1c1c3ccccc3n(CCN=[N+]=[N-])c1c1c3ccccc3n(CCN=[N+]=[N-])c21. The summed E-state index contributed by atoms with van der Waals surface area (Å²) in [5.41, 5.74) is 36.6. The van der Waals surface area contributed by atoms with Gasteiger partial charge in [-0.05, 0) is 53.2 Å². The minimum Gasteiger partial charge on any atom is -0.340 e. The van der Waals surface area contributed by atoms with E-state index in [0.717, 1.165) is 60.6 Å². The van der Waals surface area contributed by atoms with E-state index < -0.39 is 0 Å². The number of nitrogens with zero attached hydrogens (tertiary/aromatic N) is 12. The number of unbranched alkanes of at least 4 members (excludes halogenated alkanes) is 7. The van der Waals surface area contributed by atoms with Crippen LogP contribution in [0.1, 0.15) is 62.5 Å². The molecule has 1 aliphatic rings. The first-order valence-corrected chi connectivity index (χ1v) is 18.1. The minimum atomic E-state index is 0.346. The van der Waals surface area contributed by atoms with E-state index in [1.165, 1.54) is 69.9 Å². The van der Waals surface area contributed by atoms with Gasteiger partial charge in [-0.1, -0.05) is 108 Å². The summed E-state index contributed by atoms with van der Waals surface area (Å²) in [6.45, 7) is 3.31. The molecule has 2 aromatic heterocycles. The molecule has 1 aliphatic heterocycles. The van der Waals surface area contributed by atoms with Crippen molar-refractivity contribution in [1.29, 1.82) is 0 Å². The smallest absolute Gasteiger partial charge is 0.0614 e. The van der Waals surface area contributed by atoms with Gasteiger partial charge in [-0.2, -0.15) is 0 Å². The van der Waals surface area contributed by atoms with E-state index in [1.807, 2.05) is 0 Å². The zero-order valence-corrected chi connectivity index (χ0v) is 28.9. The molecule has 4 aromatic carbocycles. The van der Waals surface area contributed by atoms with Crippen molar-refractivity contribution in [3.05, 3.63) is 115 Å². The Bertz CT molecular complexity index is 2350. The molecule has 0 fully saturated rings. The Morgan fingerprint density at radius 3 is 1.73 bits per heavy atom. The van der Waals surface area contributed by atoms with Crippen molar-refractivity contribution in [3.63, 3.8) is 0 Å². The van der Waals surface area contributed by atoms with Crippen LogP contribution in [0.3, 0.4) is 0 Å². The maximum absolute atomic E-state index is 9.22. The van der Waals surface area contributed by atoms with Gasteiger partial charge in [0.15, 0.2) is 0 Å². The Morgan fingerprint density at radius 1 is 0.529 bits per heavy atom. The van der Waals surface area contributed by atoms with Crippen molar-refractivity contribution >= 4 is 55.0 Å². The number of rotatable bonds is 17. The van der Waals surface area contributed by atoms with Gasteiger partial charge in [0.05, 0.1) is 16.7 Å². The number of hydrogen-bond donors (Lipinski definition) is 0. The van der Waals surface area contributed by atoms with Gasteiger partial charge in [-0.25, -0.2) is 0 Å². The molecule has 0 unspecified atom stereocenters. The molecular weight excluding hydrogens is 637 g/mol. The summed E-state index contributed by atoms with van der Waals surface area (Å²) in [6, 6.07) is 26.0. The summed E-state index contributed by atoms with van der Waals surface area (Å²) >= 11 is 0. The van der Waals surface area contributed by atoms with Gasteiger partial charge in [0.25, 0.3) is 0 Å². The summed E-state index contributed by atoms with van der Waals surface area (Å²) in [4.78, 5) is 11.6. The molecule has 7 rings (SSSR count). The fraction of sp³-hybridized carbons (Fsp3) is 0.385. The average Bonchev–Trinajstić information content (AvgIpc) is 3.66. The minimum absolute atomic E-state index is 0.346. The zero-order chi connectivity index (χ0) is 35.0. The lowest BCUT2D eigenvalue weighted by Gasteiger charge is -2.35. The van der Waals surface area contributed by atoms with Crippen molar-refractivity contribution in [2.75, 3.05) is 31.1 Å². The standard InChI is InChI=1S/C39H42N12/c40-46-43-21-13-5-3-1-2-4-6-14-24-49-32-18-10-7-15-28(32)27-31-37(49)35-30-17-9-12-20-34(30)51(26-23-45-48-42)39(35)36-29-16-8-11-19-33(29)50(38(31)36)25-22-44-47-41/h7-12,15-20H,1-6,13-14,21-27H2. The fourth-order valence-electron chi connectivity index (χ4n) is 8.26. The van der Waals surface area contributed by atoms with Crippen LogP contribution in [-0.4, -0.2) is 35.3 Å². The van der Waals surface area contributed by atoms with Crippen LogP contribution in [0.2, 0.25) is 0 Å². The highest BCUT2D eigenvalue weighted by Crippen LogP contribution is 2.52. The van der Waals surface area contributed by atoms with E-state index in [-0.39, 0.29) is 0 Å². The monoisotopic (exact) mass is 678 g/mol. The molecule has 12 heteroatoms. The third kappa shape index (κ3) is 6.48. The van der Waals surface area contributed by atoms with Crippen LogP contribution in [0.5, 0.6) is 0 Å². The van der Waals surface area contributed by atoms with Crippen LogP contribution in [-0.2, 0) is 19.5 Å². The highest BCUT2D eigenvalue weighted by atomic mass is 15.2. The third-order valence-electron chi connectivity index (χ3n) is 10.3. The molecule has 0 saturated heterocycles. The lowest BCUT2D eigenvalue weighted by atomic mass is 9.90. The molecule has 0 saturated carbocycles. The first kappa shape index (κ1) is 33.7. The van der Waals surface area contributed by atoms with Gasteiger partial charge in [-0.3, -0.25) is 0 Å². The van der Waals surface area contributed by atoms with E-state index in [0.29, 0.717) is 32.7 Å². The van der Waals surface area contributed by atoms with E-state index >= 15 is 0 Å². The molecule has 12 nitrogen and oxygen atoms in total. The highest BCUT2D eigenvalue weighted by Gasteiger charge is 2.32. The molecule has 0 N–H and O–H groups in total. The predicted octanol–water partition coefficient (Wildman–Crippen LogP) is 12.0. The summed E-state index contributed by atoms with van der Waals surface area (Å²) in [6.07, 6.45) is 9.89. The van der Waals surface area contributed by atoms with Crippen molar-refractivity contribution < 1.29 is 0 Å². The molecule has 0 radical (unpaired) electrons. The highest BCUT2D eigenvalue weighted by molar-refractivity contribution is 6.30. The van der Waals surface area contributed by atoms with Crippen LogP contribution in [0.25, 0.3) is 74.9 Å². The Balaban J connectivity index is 1.38. The third-order valence-corrected chi connectivity index (χ3v) is 10.3. The molecule has 0 bridgehead atoms. The van der Waals surface area contributed by atoms with Gasteiger partial charge in [0.2, 0.25) is 0 Å². The first-order valence-electron chi connectivity index (χ1n) is 18.1. The quantitative estimate of drug-likeness (QED) is 0.0399. The second-order valence-electron chi connectivity index (χ2n) is 13.3. The second-order valence-corrected chi connectivity index (χ2v) is 13.3. The molecular formula is C39H42N12. The summed E-state index contributed by atoms with van der Waals surface area (Å²) in [5.74, 6) is 0. The lowest BCUT2D eigenvalue weighted by Crippen LogP contribution is -2.25. The number of aromatic nitrogens is 2. The van der Waals surface area contributed by atoms with Crippen molar-refractivity contribution in [2.24, 2.45) is 15.3 Å². The molecule has 6 aromatic rings. The Labute approximate surface area is 296 Å². The van der Waals surface area contributed by atoms with Crippen LogP contribution in [0.4, 0.5) is 11.4 Å². The van der Waals surface area contributed by atoms with Gasteiger partial charge in [0.1, 0.15) is 0 Å². The lowest BCUT2D eigenvalue weighted by molar-refractivity contribution is 0.570. The molecule has 0 spiro atoms. The van der Waals surface area contributed by atoms with Gasteiger partial charge in [0, 0.05) is 104 Å². The number of fused-ring (bicyclic) bond motifs is 11. The zero-order valence-electron chi connectivity index (χ0n) is 28.9. The van der Waals surface area contributed by atoms with Gasteiger partial charge in [-0.15, -0.1) is 0 Å². The Hall–Kier alpha value is -5.79. The fourth-order valence-corrected chi connectivity index (χ4v) is 8.26.